The molecule has 0 saturated heterocycles. The van der Waals surface area contributed by atoms with Gasteiger partial charge in [0.25, 0.3) is 0 Å². The number of carbonyl (C=O) groups is 3. The van der Waals surface area contributed by atoms with Crippen molar-refractivity contribution >= 4 is 40.7 Å². The summed E-state index contributed by atoms with van der Waals surface area (Å²) >= 11 is 2.01. The van der Waals surface area contributed by atoms with Gasteiger partial charge in [-0.3, -0.25) is 14.4 Å². The molecule has 3 N–H and O–H groups in total. The number of carbonyl (C=O) groups excluding carboxylic acids is 3. The number of nitrogens with one attached hydrogen (secondary N) is 1. The van der Waals surface area contributed by atoms with Gasteiger partial charge in [-0.25, -0.2) is 0 Å². The van der Waals surface area contributed by atoms with Gasteiger partial charge in [-0.2, -0.15) is 0 Å². The number of nitrogens with zero attached hydrogens (tertiary/aromatic N) is 1. The molecule has 0 heterocycles. The maximum atomic E-state index is 12.9. The van der Waals surface area contributed by atoms with Crippen molar-refractivity contribution in [1.82, 2.24) is 10.2 Å². The fraction of sp³-hybridized carbons (Fsp3) is 0.577. The first-order valence-corrected chi connectivity index (χ1v) is 13.4. The molecule has 0 aliphatic heterocycles. The molecule has 11 heteroatoms. The molecule has 0 saturated carbocycles. The van der Waals surface area contributed by atoms with Crippen LogP contribution in [0.15, 0.2) is 23.8 Å². The third-order valence-electron chi connectivity index (χ3n) is 5.87. The Kier molecular flexibility index (Phi) is 12.8. The van der Waals surface area contributed by atoms with E-state index in [1.54, 1.807) is 17.9 Å². The maximum absolute atomic E-state index is 12.9. The molecule has 1 aromatic rings. The van der Waals surface area contributed by atoms with Crippen molar-refractivity contribution in [2.75, 3.05) is 33.4 Å². The van der Waals surface area contributed by atoms with Gasteiger partial charge >= 0.3 is 0 Å². The molecule has 37 heavy (non-hydrogen) atoms. The van der Waals surface area contributed by atoms with Gasteiger partial charge in [0.1, 0.15) is 18.5 Å². The SMILES string of the molecule is CCC(=O)N(CCCOC(C)C)C1CC(C(=O)NCCO)=CC(Oc2c(I)cc(C=O)cc2OC)C1O. The number of amides is 2. The Morgan fingerprint density at radius 1 is 1.32 bits per heavy atom. The summed E-state index contributed by atoms with van der Waals surface area (Å²) in [6.07, 6.45) is 1.06. The minimum atomic E-state index is -1.15. The molecule has 10 nitrogen and oxygen atoms in total. The van der Waals surface area contributed by atoms with Gasteiger partial charge in [0.05, 0.1) is 29.4 Å². The van der Waals surface area contributed by atoms with Crippen molar-refractivity contribution in [3.8, 4) is 11.5 Å². The van der Waals surface area contributed by atoms with Crippen LogP contribution in [0.1, 0.15) is 50.4 Å². The summed E-state index contributed by atoms with van der Waals surface area (Å²) in [6, 6.07) is 2.42. The Morgan fingerprint density at radius 2 is 2.05 bits per heavy atom. The Bertz CT molecular complexity index is 968. The standard InChI is InChI=1S/C26H37IN2O8/c1-5-23(32)29(8-6-10-36-16(2)3)20-13-18(26(34)28-7-9-30)14-21(24(20)33)37-25-19(27)11-17(15-31)12-22(25)35-4/h11-12,14-16,20-21,24,30,33H,5-10,13H2,1-4H3,(H,28,34). The van der Waals surface area contributed by atoms with E-state index < -0.39 is 24.2 Å². The minimum Gasteiger partial charge on any atom is -0.493 e. The molecule has 206 valence electrons. The van der Waals surface area contributed by atoms with Crippen LogP contribution in [0.4, 0.5) is 0 Å². The number of aliphatic hydroxyl groups excluding tert-OH is 2. The molecule has 2 amide bonds. The third-order valence-corrected chi connectivity index (χ3v) is 6.68. The number of ether oxygens (including phenoxy) is 3. The fourth-order valence-electron chi connectivity index (χ4n) is 4.07. The zero-order valence-corrected chi connectivity index (χ0v) is 23.9. The van der Waals surface area contributed by atoms with E-state index in [1.165, 1.54) is 19.3 Å². The lowest BCUT2D eigenvalue weighted by atomic mass is 9.88. The molecule has 1 aromatic carbocycles. The monoisotopic (exact) mass is 632 g/mol. The predicted molar refractivity (Wildman–Crippen MR) is 146 cm³/mol. The summed E-state index contributed by atoms with van der Waals surface area (Å²) in [7, 11) is 1.44. The molecule has 0 aromatic heterocycles. The van der Waals surface area contributed by atoms with E-state index in [1.807, 2.05) is 36.4 Å². The number of methoxy groups -OCH3 is 1. The van der Waals surface area contributed by atoms with Crippen LogP contribution in [0.25, 0.3) is 0 Å². The van der Waals surface area contributed by atoms with Crippen LogP contribution in [-0.4, -0.2) is 91.0 Å². The molecule has 1 aliphatic rings. The number of aldehydes is 1. The van der Waals surface area contributed by atoms with Crippen LogP contribution in [0.3, 0.4) is 0 Å². The molecule has 2 rings (SSSR count). The summed E-state index contributed by atoms with van der Waals surface area (Å²) in [4.78, 5) is 38.7. The van der Waals surface area contributed by atoms with Crippen LogP contribution in [0.2, 0.25) is 0 Å². The van der Waals surface area contributed by atoms with Crippen LogP contribution in [0.5, 0.6) is 11.5 Å². The molecule has 1 aliphatic carbocycles. The summed E-state index contributed by atoms with van der Waals surface area (Å²) in [5.41, 5.74) is 0.734. The van der Waals surface area contributed by atoms with Crippen LogP contribution in [-0.2, 0) is 14.3 Å². The van der Waals surface area contributed by atoms with E-state index in [0.29, 0.717) is 52.1 Å². The van der Waals surface area contributed by atoms with Gasteiger partial charge in [-0.15, -0.1) is 0 Å². The fourth-order valence-corrected chi connectivity index (χ4v) is 4.82. The molecule has 3 atom stereocenters. The highest BCUT2D eigenvalue weighted by atomic mass is 127. The summed E-state index contributed by atoms with van der Waals surface area (Å²) in [6.45, 7) is 6.25. The van der Waals surface area contributed by atoms with E-state index in [-0.39, 0.29) is 38.0 Å². The second-order valence-corrected chi connectivity index (χ2v) is 10.0. The molecular formula is C26H37IN2O8. The Morgan fingerprint density at radius 3 is 2.65 bits per heavy atom. The molecule has 0 fully saturated rings. The molecular weight excluding hydrogens is 595 g/mol. The van der Waals surface area contributed by atoms with Crippen molar-refractivity contribution < 1.29 is 38.8 Å². The Hall–Kier alpha value is -2.22. The van der Waals surface area contributed by atoms with Gasteiger partial charge in [0.15, 0.2) is 11.5 Å². The molecule has 3 unspecified atom stereocenters. The van der Waals surface area contributed by atoms with Crippen LogP contribution in [0, 0.1) is 3.57 Å². The Labute approximate surface area is 231 Å². The molecule has 0 spiro atoms. The summed E-state index contributed by atoms with van der Waals surface area (Å²) in [5, 5.41) is 23.2. The van der Waals surface area contributed by atoms with Gasteiger partial charge < -0.3 is 34.6 Å². The van der Waals surface area contributed by atoms with Crippen LogP contribution < -0.4 is 14.8 Å². The van der Waals surface area contributed by atoms with E-state index in [9.17, 15) is 19.5 Å². The molecule has 0 bridgehead atoms. The van der Waals surface area contributed by atoms with Gasteiger partial charge in [-0.1, -0.05) is 6.92 Å². The average Bonchev–Trinajstić information content (AvgIpc) is 2.88. The number of benzene rings is 1. The van der Waals surface area contributed by atoms with Gasteiger partial charge in [0, 0.05) is 43.7 Å². The van der Waals surface area contributed by atoms with Crippen molar-refractivity contribution in [3.63, 3.8) is 0 Å². The van der Waals surface area contributed by atoms with E-state index in [4.69, 9.17) is 19.3 Å². The topological polar surface area (TPSA) is 135 Å². The number of hydrogen-bond acceptors (Lipinski definition) is 8. The van der Waals surface area contributed by atoms with E-state index in [2.05, 4.69) is 5.32 Å². The smallest absolute Gasteiger partial charge is 0.247 e. The zero-order chi connectivity index (χ0) is 27.5. The highest BCUT2D eigenvalue weighted by Gasteiger charge is 2.40. The first kappa shape index (κ1) is 31.0. The summed E-state index contributed by atoms with van der Waals surface area (Å²) in [5.74, 6) is 0.0372. The number of halogens is 1. The van der Waals surface area contributed by atoms with Gasteiger partial charge in [0.2, 0.25) is 11.8 Å². The number of rotatable bonds is 14. The maximum Gasteiger partial charge on any atom is 0.247 e. The summed E-state index contributed by atoms with van der Waals surface area (Å²) < 4.78 is 17.8. The van der Waals surface area contributed by atoms with Crippen molar-refractivity contribution in [3.05, 3.63) is 32.9 Å². The number of hydrogen-bond donors (Lipinski definition) is 3. The van der Waals surface area contributed by atoms with Crippen LogP contribution >= 0.6 is 22.6 Å². The van der Waals surface area contributed by atoms with Crippen molar-refractivity contribution in [1.29, 1.82) is 0 Å². The largest absolute Gasteiger partial charge is 0.493 e. The lowest BCUT2D eigenvalue weighted by Gasteiger charge is -2.40. The first-order valence-electron chi connectivity index (χ1n) is 12.3. The van der Waals surface area contributed by atoms with E-state index >= 15 is 0 Å². The average molecular weight is 632 g/mol. The minimum absolute atomic E-state index is 0.0567. The third kappa shape index (κ3) is 8.66. The second kappa shape index (κ2) is 15.3. The van der Waals surface area contributed by atoms with Gasteiger partial charge in [-0.05, 0) is 61.1 Å². The van der Waals surface area contributed by atoms with E-state index in [0.717, 1.165) is 0 Å². The normalized spacial score (nSPS) is 19.2. The Balaban J connectivity index is 2.43. The van der Waals surface area contributed by atoms with Crippen molar-refractivity contribution in [2.45, 2.75) is 64.4 Å². The first-order chi connectivity index (χ1) is 17.7. The molecule has 0 radical (unpaired) electrons. The van der Waals surface area contributed by atoms with Crippen molar-refractivity contribution in [2.24, 2.45) is 0 Å². The highest BCUT2D eigenvalue weighted by Crippen LogP contribution is 2.37. The highest BCUT2D eigenvalue weighted by molar-refractivity contribution is 14.1. The quantitative estimate of drug-likeness (QED) is 0.161. The second-order valence-electron chi connectivity index (χ2n) is 8.88. The predicted octanol–water partition coefficient (Wildman–Crippen LogP) is 2.08. The number of aliphatic hydroxyl groups is 2. The lowest BCUT2D eigenvalue weighted by molar-refractivity contribution is -0.138. The lowest BCUT2D eigenvalue weighted by Crippen LogP contribution is -2.55. The zero-order valence-electron chi connectivity index (χ0n) is 21.7.